The Morgan fingerprint density at radius 1 is 1.57 bits per heavy atom. The highest BCUT2D eigenvalue weighted by molar-refractivity contribution is 5.90. The fourth-order valence-corrected chi connectivity index (χ4v) is 5.05. The molecule has 5 nitrogen and oxygen atoms in total. The summed E-state index contributed by atoms with van der Waals surface area (Å²) in [5.74, 6) is -0.0292. The van der Waals surface area contributed by atoms with E-state index >= 15 is 0 Å². The van der Waals surface area contributed by atoms with E-state index in [1.807, 2.05) is 0 Å². The van der Waals surface area contributed by atoms with Crippen LogP contribution in [-0.4, -0.2) is 54.1 Å². The van der Waals surface area contributed by atoms with E-state index in [1.165, 1.54) is 7.11 Å². The number of piperidine rings is 1. The zero-order chi connectivity index (χ0) is 21.1. The van der Waals surface area contributed by atoms with Gasteiger partial charge < -0.3 is 19.5 Å². The van der Waals surface area contributed by atoms with Crippen molar-refractivity contribution in [2.75, 3.05) is 20.6 Å². The third kappa shape index (κ3) is 1.32. The maximum Gasteiger partial charge on any atom is 0.174 e. The molecule has 2 aliphatic carbocycles. The van der Waals surface area contributed by atoms with Crippen LogP contribution in [0, 0.1) is 0 Å². The molecule has 5 heteroatoms. The fraction of sp³-hybridized carbons (Fsp3) is 0.611. The van der Waals surface area contributed by atoms with Crippen LogP contribution in [-0.2, 0) is 16.6 Å². The second-order valence-electron chi connectivity index (χ2n) is 6.79. The van der Waals surface area contributed by atoms with Gasteiger partial charge in [-0.1, -0.05) is 6.04 Å². The number of carbonyl (C=O) groups excluding carboxylic acids is 1. The molecule has 5 rings (SSSR count). The summed E-state index contributed by atoms with van der Waals surface area (Å²) in [6.45, 7) is -2.65. The third-order valence-corrected chi connectivity index (χ3v) is 6.04. The van der Waals surface area contributed by atoms with Crippen LogP contribution in [0.1, 0.15) is 38.6 Å². The van der Waals surface area contributed by atoms with E-state index in [0.29, 0.717) is 5.56 Å². The number of aliphatic hydroxyl groups is 1. The first-order valence-electron chi connectivity index (χ1n) is 10.8. The number of benzene rings is 1. The lowest BCUT2D eigenvalue weighted by Gasteiger charge is -2.62. The smallest absolute Gasteiger partial charge is 0.174 e. The highest BCUT2D eigenvalue weighted by Crippen LogP contribution is 2.64. The summed E-state index contributed by atoms with van der Waals surface area (Å²) in [6.07, 6.45) is -1.33. The summed E-state index contributed by atoms with van der Waals surface area (Å²) in [7, 11) is 1.35. The third-order valence-electron chi connectivity index (χ3n) is 6.04. The zero-order valence-electron chi connectivity index (χ0n) is 18.7. The summed E-state index contributed by atoms with van der Waals surface area (Å²) >= 11 is 0. The minimum atomic E-state index is -2.63. The molecule has 1 unspecified atom stereocenters. The number of ketones is 1. The molecule has 2 heterocycles. The molecule has 1 aromatic rings. The van der Waals surface area contributed by atoms with Crippen molar-refractivity contribution in [1.29, 1.82) is 0 Å². The fourth-order valence-electron chi connectivity index (χ4n) is 5.05. The molecule has 4 atom stereocenters. The molecule has 1 saturated heterocycles. The lowest BCUT2D eigenvalue weighted by Crippen LogP contribution is -2.76. The van der Waals surface area contributed by atoms with Crippen LogP contribution in [0.2, 0.25) is 0 Å². The van der Waals surface area contributed by atoms with Gasteiger partial charge in [-0.25, -0.2) is 0 Å². The van der Waals surface area contributed by atoms with Gasteiger partial charge in [-0.05, 0) is 44.4 Å². The zero-order valence-corrected chi connectivity index (χ0v) is 12.7. The SMILES string of the molecule is [2H]c1c([2H])c(OC)c2c3c1C[C@@]1([2H])N(C([2H])([2H])[2H])CC[C@@]34C(O2)C(=O)CC[C@]41O. The van der Waals surface area contributed by atoms with E-state index in [1.54, 1.807) is 0 Å². The normalized spacial score (nSPS) is 48.1. The summed E-state index contributed by atoms with van der Waals surface area (Å²) in [4.78, 5) is 13.9. The van der Waals surface area contributed by atoms with Gasteiger partial charge in [0.25, 0.3) is 0 Å². The number of Topliss-reactive ketones (excluding diaryl/α,β-unsaturated/α-hetero) is 1. The summed E-state index contributed by atoms with van der Waals surface area (Å²) in [6, 6.07) is -2.41. The number of methoxy groups -OCH3 is 1. The molecule has 1 saturated carbocycles. The molecule has 2 fully saturated rings. The molecule has 0 aromatic heterocycles. The van der Waals surface area contributed by atoms with Crippen molar-refractivity contribution >= 4 is 5.78 Å². The van der Waals surface area contributed by atoms with Gasteiger partial charge in [-0.3, -0.25) is 4.79 Å². The van der Waals surface area contributed by atoms with Crippen molar-refractivity contribution in [3.8, 4) is 11.5 Å². The lowest BCUT2D eigenvalue weighted by atomic mass is 9.49. The average Bonchev–Trinajstić information content (AvgIpc) is 2.96. The minimum Gasteiger partial charge on any atom is -0.493 e. The van der Waals surface area contributed by atoms with Crippen LogP contribution in [0.5, 0.6) is 11.5 Å². The van der Waals surface area contributed by atoms with Crippen molar-refractivity contribution in [1.82, 2.24) is 4.90 Å². The van der Waals surface area contributed by atoms with Gasteiger partial charge in [0.05, 0.1) is 22.2 Å². The van der Waals surface area contributed by atoms with Crippen molar-refractivity contribution < 1.29 is 27.6 Å². The first-order valence-corrected chi connectivity index (χ1v) is 7.84. The predicted molar refractivity (Wildman–Crippen MR) is 83.0 cm³/mol. The first-order chi connectivity index (χ1) is 13.4. The average molecular weight is 321 g/mol. The van der Waals surface area contributed by atoms with Crippen molar-refractivity contribution in [3.05, 3.63) is 23.2 Å². The Morgan fingerprint density at radius 2 is 2.43 bits per heavy atom. The van der Waals surface area contributed by atoms with Crippen LogP contribution in [0.25, 0.3) is 0 Å². The molecular weight excluding hydrogens is 294 g/mol. The Balaban J connectivity index is 1.90. The summed E-state index contributed by atoms with van der Waals surface area (Å²) in [5, 5.41) is 12.0. The van der Waals surface area contributed by atoms with Gasteiger partial charge in [0.2, 0.25) is 0 Å². The summed E-state index contributed by atoms with van der Waals surface area (Å²) in [5.41, 5.74) is -2.45. The summed E-state index contributed by atoms with van der Waals surface area (Å²) < 4.78 is 61.2. The molecule has 1 spiro atoms. The van der Waals surface area contributed by atoms with E-state index in [9.17, 15) is 11.3 Å². The van der Waals surface area contributed by atoms with Crippen molar-refractivity contribution in [2.24, 2.45) is 0 Å². The monoisotopic (exact) mass is 321 g/mol. The quantitative estimate of drug-likeness (QED) is 0.838. The van der Waals surface area contributed by atoms with Gasteiger partial charge in [0, 0.05) is 22.1 Å². The van der Waals surface area contributed by atoms with Crippen LogP contribution in [0.4, 0.5) is 0 Å². The van der Waals surface area contributed by atoms with E-state index in [-0.39, 0.29) is 67.2 Å². The van der Waals surface area contributed by atoms with Crippen LogP contribution in [0.3, 0.4) is 0 Å². The lowest BCUT2D eigenvalue weighted by molar-refractivity contribution is -0.185. The van der Waals surface area contributed by atoms with E-state index in [4.69, 9.17) is 16.3 Å². The van der Waals surface area contributed by atoms with Gasteiger partial charge >= 0.3 is 0 Å². The number of carbonyl (C=O) groups is 1. The number of rotatable bonds is 1. The number of nitrogens with zero attached hydrogens (tertiary/aromatic N) is 1. The number of hydrogen-bond acceptors (Lipinski definition) is 5. The second kappa shape index (κ2) is 4.08. The molecule has 0 radical (unpaired) electrons. The van der Waals surface area contributed by atoms with E-state index < -0.39 is 30.1 Å². The molecule has 23 heavy (non-hydrogen) atoms. The van der Waals surface area contributed by atoms with Crippen LogP contribution < -0.4 is 9.47 Å². The van der Waals surface area contributed by atoms with Gasteiger partial charge in [0.1, 0.15) is 0 Å². The van der Waals surface area contributed by atoms with Crippen LogP contribution in [0.15, 0.2) is 12.1 Å². The largest absolute Gasteiger partial charge is 0.493 e. The molecule has 122 valence electrons. The maximum absolute atomic E-state index is 12.9. The minimum absolute atomic E-state index is 0.0212. The molecule has 2 aliphatic heterocycles. The second-order valence-corrected chi connectivity index (χ2v) is 6.79. The Hall–Kier alpha value is -1.59. The van der Waals surface area contributed by atoms with Gasteiger partial charge in [-0.15, -0.1) is 0 Å². The number of likely N-dealkylation sites (tertiary alicyclic amines) is 1. The first kappa shape index (κ1) is 9.04. The Labute approximate surface area is 143 Å². The van der Waals surface area contributed by atoms with Gasteiger partial charge in [0.15, 0.2) is 23.4 Å². The predicted octanol–water partition coefficient (Wildman–Crippen LogP) is 1.05. The van der Waals surface area contributed by atoms with Crippen molar-refractivity contribution in [2.45, 2.75) is 48.8 Å². The van der Waals surface area contributed by atoms with Crippen molar-refractivity contribution in [3.63, 3.8) is 0 Å². The Morgan fingerprint density at radius 3 is 3.22 bits per heavy atom. The number of ether oxygens (including phenoxy) is 2. The molecule has 1 aromatic carbocycles. The Kier molecular flexibility index (Phi) is 1.60. The number of hydrogen-bond donors (Lipinski definition) is 1. The molecular formula is C18H21NO4. The standard InChI is InChI=1S/C18H21NO4/c1-19-8-7-17-14-10-3-4-12(22-2)15(14)23-16(17)11(20)5-6-18(17,21)13(19)9-10/h3-4,13,16,21H,5-9H2,1-2H3/t13-,16?,17+,18-/m1/s1/i1D3,3D,4D,13D. The Bertz CT molecular complexity index is 967. The molecule has 1 N–H and O–H groups in total. The molecule has 0 amide bonds. The molecule has 4 aliphatic rings. The molecule has 2 bridgehead atoms. The van der Waals surface area contributed by atoms with Gasteiger partial charge in [-0.2, -0.15) is 0 Å². The van der Waals surface area contributed by atoms with E-state index in [2.05, 4.69) is 0 Å². The van der Waals surface area contributed by atoms with Crippen LogP contribution >= 0.6 is 0 Å². The topological polar surface area (TPSA) is 59.0 Å². The maximum atomic E-state index is 12.9. The van der Waals surface area contributed by atoms with E-state index in [0.717, 1.165) is 4.90 Å². The number of likely N-dealkylation sites (N-methyl/N-ethyl adjacent to an activating group) is 1. The highest BCUT2D eigenvalue weighted by atomic mass is 16.5. The highest BCUT2D eigenvalue weighted by Gasteiger charge is 2.72.